The molecule has 1 fully saturated rings. The second-order valence-electron chi connectivity index (χ2n) is 5.88. The standard InChI is InChI=1S/C19H18N2O2/c1-13-9-18(13)21-19(22)14-7-4-8-17(10-14)23-12-16-6-3-2-5-15(16)11-20/h2-8,10,13,18H,9,12H2,1H3,(H,21,22). The van der Waals surface area contributed by atoms with Gasteiger partial charge in [0.2, 0.25) is 0 Å². The van der Waals surface area contributed by atoms with Crippen molar-refractivity contribution < 1.29 is 9.53 Å². The number of carbonyl (C=O) groups is 1. The van der Waals surface area contributed by atoms with Crippen LogP contribution in [0.15, 0.2) is 48.5 Å². The van der Waals surface area contributed by atoms with Crippen LogP contribution in [0.5, 0.6) is 5.75 Å². The van der Waals surface area contributed by atoms with Crippen molar-refractivity contribution in [1.29, 1.82) is 5.26 Å². The highest BCUT2D eigenvalue weighted by Crippen LogP contribution is 2.29. The van der Waals surface area contributed by atoms with Gasteiger partial charge in [0.1, 0.15) is 12.4 Å². The SMILES string of the molecule is CC1CC1NC(=O)c1cccc(OCc2ccccc2C#N)c1. The van der Waals surface area contributed by atoms with Gasteiger partial charge in [-0.1, -0.05) is 31.2 Å². The number of carbonyl (C=O) groups excluding carboxylic acids is 1. The summed E-state index contributed by atoms with van der Waals surface area (Å²) in [5.74, 6) is 1.12. The number of benzene rings is 2. The van der Waals surface area contributed by atoms with Crippen molar-refractivity contribution in [2.24, 2.45) is 5.92 Å². The smallest absolute Gasteiger partial charge is 0.251 e. The summed E-state index contributed by atoms with van der Waals surface area (Å²) >= 11 is 0. The third kappa shape index (κ3) is 3.70. The predicted octanol–water partition coefficient (Wildman–Crippen LogP) is 3.28. The van der Waals surface area contributed by atoms with Crippen LogP contribution in [-0.4, -0.2) is 11.9 Å². The zero-order chi connectivity index (χ0) is 16.2. The van der Waals surface area contributed by atoms with Crippen LogP contribution in [0, 0.1) is 17.2 Å². The zero-order valence-electron chi connectivity index (χ0n) is 13.0. The Kier molecular flexibility index (Phi) is 4.29. The topological polar surface area (TPSA) is 62.1 Å². The molecule has 0 spiro atoms. The lowest BCUT2D eigenvalue weighted by Crippen LogP contribution is -2.26. The van der Waals surface area contributed by atoms with Crippen LogP contribution in [0.4, 0.5) is 0 Å². The molecule has 4 nitrogen and oxygen atoms in total. The molecular weight excluding hydrogens is 288 g/mol. The van der Waals surface area contributed by atoms with Crippen LogP contribution in [0.2, 0.25) is 0 Å². The fourth-order valence-electron chi connectivity index (χ4n) is 2.42. The number of nitrogens with one attached hydrogen (secondary N) is 1. The first-order valence-corrected chi connectivity index (χ1v) is 7.69. The van der Waals surface area contributed by atoms with E-state index in [4.69, 9.17) is 10.00 Å². The van der Waals surface area contributed by atoms with Crippen molar-refractivity contribution in [2.45, 2.75) is 26.0 Å². The van der Waals surface area contributed by atoms with Gasteiger partial charge in [0, 0.05) is 17.2 Å². The lowest BCUT2D eigenvalue weighted by Gasteiger charge is -2.09. The Balaban J connectivity index is 1.65. The molecule has 0 aliphatic heterocycles. The van der Waals surface area contributed by atoms with E-state index in [1.165, 1.54) is 0 Å². The Labute approximate surface area is 135 Å². The summed E-state index contributed by atoms with van der Waals surface area (Å²) in [6.45, 7) is 2.42. The summed E-state index contributed by atoms with van der Waals surface area (Å²) in [7, 11) is 0. The van der Waals surface area contributed by atoms with Gasteiger partial charge in [0.15, 0.2) is 0 Å². The first-order valence-electron chi connectivity index (χ1n) is 7.69. The van der Waals surface area contributed by atoms with Crippen LogP contribution in [0.25, 0.3) is 0 Å². The minimum atomic E-state index is -0.0674. The van der Waals surface area contributed by atoms with Gasteiger partial charge >= 0.3 is 0 Å². The van der Waals surface area contributed by atoms with Crippen molar-refractivity contribution in [1.82, 2.24) is 5.32 Å². The number of amides is 1. The summed E-state index contributed by atoms with van der Waals surface area (Å²) in [4.78, 5) is 12.2. The summed E-state index contributed by atoms with van der Waals surface area (Å²) in [5, 5.41) is 12.1. The molecule has 3 rings (SSSR count). The molecule has 0 radical (unpaired) electrons. The number of hydrogen-bond acceptors (Lipinski definition) is 3. The average molecular weight is 306 g/mol. The number of nitrogens with zero attached hydrogens (tertiary/aromatic N) is 1. The Hall–Kier alpha value is -2.80. The van der Waals surface area contributed by atoms with Gasteiger partial charge in [-0.3, -0.25) is 4.79 Å². The molecule has 0 saturated heterocycles. The zero-order valence-corrected chi connectivity index (χ0v) is 13.0. The molecule has 0 heterocycles. The summed E-state index contributed by atoms with van der Waals surface area (Å²) in [6, 6.07) is 16.9. The largest absolute Gasteiger partial charge is 0.489 e. The van der Waals surface area contributed by atoms with E-state index in [2.05, 4.69) is 18.3 Å². The van der Waals surface area contributed by atoms with Crippen LogP contribution < -0.4 is 10.1 Å². The molecule has 1 saturated carbocycles. The maximum absolute atomic E-state index is 12.2. The van der Waals surface area contributed by atoms with Crippen molar-refractivity contribution in [3.63, 3.8) is 0 Å². The predicted molar refractivity (Wildman–Crippen MR) is 87.0 cm³/mol. The quantitative estimate of drug-likeness (QED) is 0.922. The van der Waals surface area contributed by atoms with Gasteiger partial charge in [-0.05, 0) is 36.6 Å². The summed E-state index contributed by atoms with van der Waals surface area (Å²) in [5.41, 5.74) is 2.02. The minimum absolute atomic E-state index is 0.0674. The second kappa shape index (κ2) is 6.53. The lowest BCUT2D eigenvalue weighted by atomic mass is 10.1. The van der Waals surface area contributed by atoms with E-state index >= 15 is 0 Å². The molecule has 2 atom stereocenters. The molecule has 0 bridgehead atoms. The Morgan fingerprint density at radius 1 is 1.30 bits per heavy atom. The molecule has 0 aromatic heterocycles. The maximum atomic E-state index is 12.2. The molecule has 1 aliphatic carbocycles. The molecule has 23 heavy (non-hydrogen) atoms. The fourth-order valence-corrected chi connectivity index (χ4v) is 2.42. The van der Waals surface area contributed by atoms with Gasteiger partial charge in [-0.25, -0.2) is 0 Å². The number of ether oxygens (including phenoxy) is 1. The van der Waals surface area contributed by atoms with E-state index in [0.717, 1.165) is 12.0 Å². The van der Waals surface area contributed by atoms with Gasteiger partial charge in [0.25, 0.3) is 5.91 Å². The van der Waals surface area contributed by atoms with Crippen LogP contribution >= 0.6 is 0 Å². The molecule has 2 aromatic rings. The minimum Gasteiger partial charge on any atom is -0.489 e. The Morgan fingerprint density at radius 2 is 2.09 bits per heavy atom. The van der Waals surface area contributed by atoms with E-state index in [0.29, 0.717) is 35.4 Å². The third-order valence-corrected chi connectivity index (χ3v) is 4.05. The highest BCUT2D eigenvalue weighted by atomic mass is 16.5. The maximum Gasteiger partial charge on any atom is 0.251 e. The van der Waals surface area contributed by atoms with Gasteiger partial charge in [-0.2, -0.15) is 5.26 Å². The van der Waals surface area contributed by atoms with Crippen molar-refractivity contribution in [3.05, 3.63) is 65.2 Å². The molecule has 1 aliphatic rings. The van der Waals surface area contributed by atoms with Crippen molar-refractivity contribution in [3.8, 4) is 11.8 Å². The van der Waals surface area contributed by atoms with Crippen molar-refractivity contribution >= 4 is 5.91 Å². The second-order valence-corrected chi connectivity index (χ2v) is 5.88. The van der Waals surface area contributed by atoms with E-state index in [1.807, 2.05) is 24.3 Å². The van der Waals surface area contributed by atoms with Crippen LogP contribution in [-0.2, 0) is 6.61 Å². The van der Waals surface area contributed by atoms with Crippen LogP contribution in [0.3, 0.4) is 0 Å². The number of nitriles is 1. The highest BCUT2D eigenvalue weighted by molar-refractivity contribution is 5.95. The molecule has 4 heteroatoms. The molecule has 1 N–H and O–H groups in total. The molecular formula is C19H18N2O2. The van der Waals surface area contributed by atoms with E-state index in [1.54, 1.807) is 24.3 Å². The number of hydrogen-bond donors (Lipinski definition) is 1. The Bertz CT molecular complexity index is 764. The highest BCUT2D eigenvalue weighted by Gasteiger charge is 2.33. The molecule has 2 aromatic carbocycles. The van der Waals surface area contributed by atoms with E-state index < -0.39 is 0 Å². The third-order valence-electron chi connectivity index (χ3n) is 4.05. The van der Waals surface area contributed by atoms with Crippen molar-refractivity contribution in [2.75, 3.05) is 0 Å². The normalized spacial score (nSPS) is 18.8. The first-order chi connectivity index (χ1) is 11.2. The Morgan fingerprint density at radius 3 is 2.83 bits per heavy atom. The van der Waals surface area contributed by atoms with Crippen LogP contribution in [0.1, 0.15) is 34.8 Å². The monoisotopic (exact) mass is 306 g/mol. The van der Waals surface area contributed by atoms with E-state index in [9.17, 15) is 4.79 Å². The summed E-state index contributed by atoms with van der Waals surface area (Å²) < 4.78 is 5.74. The van der Waals surface area contributed by atoms with Gasteiger partial charge in [0.05, 0.1) is 11.6 Å². The van der Waals surface area contributed by atoms with Gasteiger partial charge in [-0.15, -0.1) is 0 Å². The van der Waals surface area contributed by atoms with Gasteiger partial charge < -0.3 is 10.1 Å². The fraction of sp³-hybridized carbons (Fsp3) is 0.263. The molecule has 2 unspecified atom stereocenters. The lowest BCUT2D eigenvalue weighted by molar-refractivity contribution is 0.0949. The first kappa shape index (κ1) is 15.1. The number of rotatable bonds is 5. The average Bonchev–Trinajstić information content (AvgIpc) is 3.28. The molecule has 116 valence electrons. The molecule has 1 amide bonds. The summed E-state index contributed by atoms with van der Waals surface area (Å²) in [6.07, 6.45) is 1.05. The van der Waals surface area contributed by atoms with E-state index in [-0.39, 0.29) is 5.91 Å².